The van der Waals surface area contributed by atoms with Gasteiger partial charge in [-0.1, -0.05) is 38.1 Å². The Bertz CT molecular complexity index is 587. The molecule has 0 aliphatic rings. The van der Waals surface area contributed by atoms with Crippen LogP contribution in [0.5, 0.6) is 0 Å². The van der Waals surface area contributed by atoms with Crippen LogP contribution in [-0.2, 0) is 13.1 Å². The van der Waals surface area contributed by atoms with Gasteiger partial charge in [0.25, 0.3) is 0 Å². The average Bonchev–Trinajstić information content (AvgIpc) is 2.65. The lowest BCUT2D eigenvalue weighted by atomic mass is 10.1. The molecule has 0 amide bonds. The van der Waals surface area contributed by atoms with Gasteiger partial charge in [0.15, 0.2) is 0 Å². The van der Waals surface area contributed by atoms with E-state index in [1.807, 2.05) is 6.92 Å². The Morgan fingerprint density at radius 3 is 2.40 bits per heavy atom. The zero-order chi connectivity index (χ0) is 14.7. The van der Waals surface area contributed by atoms with Gasteiger partial charge in [-0.2, -0.15) is 5.10 Å². The summed E-state index contributed by atoms with van der Waals surface area (Å²) >= 11 is 3.59. The predicted octanol–water partition coefficient (Wildman–Crippen LogP) is 3.81. The van der Waals surface area contributed by atoms with Crippen molar-refractivity contribution in [3.05, 3.63) is 51.3 Å². The molecule has 0 saturated heterocycles. The lowest BCUT2D eigenvalue weighted by molar-refractivity contribution is 0.580. The van der Waals surface area contributed by atoms with Crippen molar-refractivity contribution < 1.29 is 0 Å². The van der Waals surface area contributed by atoms with E-state index in [0.717, 1.165) is 23.3 Å². The number of halogens is 1. The Hall–Kier alpha value is -1.13. The van der Waals surface area contributed by atoms with Crippen molar-refractivity contribution >= 4 is 15.9 Å². The number of hydrogen-bond donors (Lipinski definition) is 1. The average molecular weight is 336 g/mol. The molecule has 0 spiro atoms. The van der Waals surface area contributed by atoms with Crippen LogP contribution in [0.4, 0.5) is 0 Å². The largest absolute Gasteiger partial charge is 0.310 e. The van der Waals surface area contributed by atoms with Crippen LogP contribution in [0, 0.1) is 13.8 Å². The maximum Gasteiger partial charge on any atom is 0.0738 e. The van der Waals surface area contributed by atoms with Gasteiger partial charge in [0, 0.05) is 12.6 Å². The van der Waals surface area contributed by atoms with Gasteiger partial charge in [-0.25, -0.2) is 0 Å². The van der Waals surface area contributed by atoms with Crippen LogP contribution in [0.1, 0.15) is 36.4 Å². The summed E-state index contributed by atoms with van der Waals surface area (Å²) in [5, 5.41) is 8.07. The zero-order valence-electron chi connectivity index (χ0n) is 12.6. The first-order valence-electron chi connectivity index (χ1n) is 6.98. The molecular weight excluding hydrogens is 314 g/mol. The first kappa shape index (κ1) is 15.3. The molecule has 2 aromatic rings. The maximum atomic E-state index is 4.59. The highest BCUT2D eigenvalue weighted by atomic mass is 79.9. The lowest BCUT2D eigenvalue weighted by Gasteiger charge is -2.13. The smallest absolute Gasteiger partial charge is 0.0738 e. The summed E-state index contributed by atoms with van der Waals surface area (Å²) in [7, 11) is 0. The summed E-state index contributed by atoms with van der Waals surface area (Å²) < 4.78 is 3.17. The second kappa shape index (κ2) is 6.55. The van der Waals surface area contributed by atoms with Gasteiger partial charge in [-0.05, 0) is 40.9 Å². The van der Waals surface area contributed by atoms with Crippen molar-refractivity contribution in [2.75, 3.05) is 0 Å². The van der Waals surface area contributed by atoms with E-state index in [0.29, 0.717) is 6.04 Å². The fraction of sp³-hybridized carbons (Fsp3) is 0.438. The number of benzene rings is 1. The van der Waals surface area contributed by atoms with E-state index in [2.05, 4.69) is 76.1 Å². The summed E-state index contributed by atoms with van der Waals surface area (Å²) in [5.41, 5.74) is 4.87. The van der Waals surface area contributed by atoms with Crippen molar-refractivity contribution in [1.29, 1.82) is 0 Å². The molecule has 4 heteroatoms. The van der Waals surface area contributed by atoms with Crippen molar-refractivity contribution in [1.82, 2.24) is 15.1 Å². The number of aromatic nitrogens is 2. The van der Waals surface area contributed by atoms with Crippen molar-refractivity contribution in [2.24, 2.45) is 0 Å². The molecule has 0 saturated carbocycles. The highest BCUT2D eigenvalue weighted by Gasteiger charge is 2.10. The van der Waals surface area contributed by atoms with Crippen molar-refractivity contribution in [3.63, 3.8) is 0 Å². The second-order valence-corrected chi connectivity index (χ2v) is 6.24. The zero-order valence-corrected chi connectivity index (χ0v) is 14.2. The topological polar surface area (TPSA) is 29.9 Å². The Morgan fingerprint density at radius 1 is 1.20 bits per heavy atom. The number of nitrogens with zero attached hydrogens (tertiary/aromatic N) is 2. The van der Waals surface area contributed by atoms with Crippen LogP contribution in [0.3, 0.4) is 0 Å². The third kappa shape index (κ3) is 3.49. The van der Waals surface area contributed by atoms with Gasteiger partial charge >= 0.3 is 0 Å². The van der Waals surface area contributed by atoms with Crippen molar-refractivity contribution in [3.8, 4) is 0 Å². The third-order valence-corrected chi connectivity index (χ3v) is 4.58. The van der Waals surface area contributed by atoms with Crippen LogP contribution in [-0.4, -0.2) is 15.8 Å². The number of hydrogen-bond acceptors (Lipinski definition) is 2. The summed E-state index contributed by atoms with van der Waals surface area (Å²) in [6.07, 6.45) is 0. The summed E-state index contributed by atoms with van der Waals surface area (Å²) in [6, 6.07) is 9.05. The molecule has 0 aliphatic heterocycles. The van der Waals surface area contributed by atoms with Gasteiger partial charge in [0.05, 0.1) is 22.4 Å². The predicted molar refractivity (Wildman–Crippen MR) is 86.9 cm³/mol. The number of nitrogens with one attached hydrogen (secondary N) is 1. The molecule has 2 rings (SSSR count). The standard InChI is InChI=1S/C16H22BrN3/c1-11(2)18-9-14-7-5-6-8-15(14)10-20-13(4)16(17)12(3)19-20/h5-8,11,18H,9-10H2,1-4H3. The molecule has 108 valence electrons. The third-order valence-electron chi connectivity index (χ3n) is 3.43. The van der Waals surface area contributed by atoms with E-state index in [1.54, 1.807) is 0 Å². The van der Waals surface area contributed by atoms with Gasteiger partial charge < -0.3 is 5.32 Å². The van der Waals surface area contributed by atoms with E-state index in [-0.39, 0.29) is 0 Å². The summed E-state index contributed by atoms with van der Waals surface area (Å²) in [6.45, 7) is 10.2. The minimum absolute atomic E-state index is 0.492. The normalized spacial score (nSPS) is 11.3. The first-order valence-corrected chi connectivity index (χ1v) is 7.78. The Labute approximate surface area is 129 Å². The van der Waals surface area contributed by atoms with Crippen LogP contribution in [0.15, 0.2) is 28.7 Å². The second-order valence-electron chi connectivity index (χ2n) is 5.45. The fourth-order valence-corrected chi connectivity index (χ4v) is 2.47. The number of rotatable bonds is 5. The molecule has 0 bridgehead atoms. The lowest BCUT2D eigenvalue weighted by Crippen LogP contribution is -2.22. The fourth-order valence-electron chi connectivity index (χ4n) is 2.19. The van der Waals surface area contributed by atoms with Crippen LogP contribution in [0.25, 0.3) is 0 Å². The Kier molecular flexibility index (Phi) is 5.00. The molecule has 20 heavy (non-hydrogen) atoms. The number of aryl methyl sites for hydroxylation is 1. The van der Waals surface area contributed by atoms with E-state index >= 15 is 0 Å². The van der Waals surface area contributed by atoms with E-state index in [4.69, 9.17) is 0 Å². The molecule has 1 N–H and O–H groups in total. The molecule has 1 aromatic carbocycles. The van der Waals surface area contributed by atoms with Gasteiger partial charge in [0.1, 0.15) is 0 Å². The molecule has 1 aromatic heterocycles. The van der Waals surface area contributed by atoms with Crippen LogP contribution in [0.2, 0.25) is 0 Å². The van der Waals surface area contributed by atoms with E-state index < -0.39 is 0 Å². The molecule has 0 atom stereocenters. The quantitative estimate of drug-likeness (QED) is 0.900. The Balaban J connectivity index is 2.22. The summed E-state index contributed by atoms with van der Waals surface area (Å²) in [5.74, 6) is 0. The van der Waals surface area contributed by atoms with Crippen LogP contribution < -0.4 is 5.32 Å². The molecule has 0 radical (unpaired) electrons. The minimum atomic E-state index is 0.492. The molecule has 1 heterocycles. The minimum Gasteiger partial charge on any atom is -0.310 e. The maximum absolute atomic E-state index is 4.59. The Morgan fingerprint density at radius 2 is 1.85 bits per heavy atom. The van der Waals surface area contributed by atoms with Gasteiger partial charge in [0.2, 0.25) is 0 Å². The first-order chi connectivity index (χ1) is 9.49. The molecule has 0 fully saturated rings. The molecule has 0 aliphatic carbocycles. The molecular formula is C16H22BrN3. The summed E-state index contributed by atoms with van der Waals surface area (Å²) in [4.78, 5) is 0. The SMILES string of the molecule is Cc1nn(Cc2ccccc2CNC(C)C)c(C)c1Br. The van der Waals surface area contributed by atoms with Crippen LogP contribution >= 0.6 is 15.9 Å². The monoisotopic (exact) mass is 335 g/mol. The molecule has 3 nitrogen and oxygen atoms in total. The highest BCUT2D eigenvalue weighted by molar-refractivity contribution is 9.10. The van der Waals surface area contributed by atoms with Gasteiger partial charge in [-0.3, -0.25) is 4.68 Å². The van der Waals surface area contributed by atoms with E-state index in [1.165, 1.54) is 16.8 Å². The highest BCUT2D eigenvalue weighted by Crippen LogP contribution is 2.21. The van der Waals surface area contributed by atoms with Gasteiger partial charge in [-0.15, -0.1) is 0 Å². The molecule has 0 unspecified atom stereocenters. The van der Waals surface area contributed by atoms with Crippen molar-refractivity contribution in [2.45, 2.75) is 46.8 Å². The van der Waals surface area contributed by atoms with E-state index in [9.17, 15) is 0 Å².